The van der Waals surface area contributed by atoms with Crippen LogP contribution in [-0.4, -0.2) is 34.6 Å². The van der Waals surface area contributed by atoms with E-state index in [4.69, 9.17) is 0 Å². The first kappa shape index (κ1) is 16.2. The molecule has 1 aromatic carbocycles. The average Bonchev–Trinajstić information content (AvgIpc) is 3.35. The van der Waals surface area contributed by atoms with Gasteiger partial charge in [-0.1, -0.05) is 0 Å². The van der Waals surface area contributed by atoms with Crippen LogP contribution in [0.3, 0.4) is 0 Å². The van der Waals surface area contributed by atoms with E-state index in [2.05, 4.69) is 25.4 Å². The van der Waals surface area contributed by atoms with Crippen molar-refractivity contribution in [2.45, 2.75) is 0 Å². The number of hydrogen-bond donors (Lipinski definition) is 0. The number of halogens is 2. The van der Waals surface area contributed by atoms with E-state index in [0.29, 0.717) is 22.7 Å². The van der Waals surface area contributed by atoms with E-state index in [1.807, 2.05) is 0 Å². The topological polar surface area (TPSA) is 73.8 Å². The molecule has 0 fully saturated rings. The standard InChI is InChI=1S/C19H11F2N7/c20-13-1-2-14(16(21)9-13)19-15(12-5-7-22-8-6-12)10-27(26-19)18-4-3-17-24-23-11-28(17)25-18/h1-11H. The number of fused-ring (bicyclic) bond motifs is 1. The summed E-state index contributed by atoms with van der Waals surface area (Å²) in [7, 11) is 0. The highest BCUT2D eigenvalue weighted by Crippen LogP contribution is 2.33. The van der Waals surface area contributed by atoms with Crippen molar-refractivity contribution >= 4 is 5.65 Å². The maximum atomic E-state index is 14.5. The van der Waals surface area contributed by atoms with Crippen molar-refractivity contribution in [3.8, 4) is 28.2 Å². The quantitative estimate of drug-likeness (QED) is 0.484. The van der Waals surface area contributed by atoms with Gasteiger partial charge in [-0.15, -0.1) is 15.3 Å². The van der Waals surface area contributed by atoms with E-state index in [-0.39, 0.29) is 5.56 Å². The van der Waals surface area contributed by atoms with E-state index < -0.39 is 11.6 Å². The molecule has 9 heteroatoms. The van der Waals surface area contributed by atoms with Gasteiger partial charge in [0.2, 0.25) is 0 Å². The average molecular weight is 375 g/mol. The highest BCUT2D eigenvalue weighted by atomic mass is 19.1. The fourth-order valence-electron chi connectivity index (χ4n) is 2.96. The molecule has 0 aliphatic heterocycles. The third-order valence-corrected chi connectivity index (χ3v) is 4.27. The lowest BCUT2D eigenvalue weighted by atomic mass is 10.0. The zero-order chi connectivity index (χ0) is 19.1. The zero-order valence-electron chi connectivity index (χ0n) is 14.2. The Morgan fingerprint density at radius 3 is 2.54 bits per heavy atom. The molecule has 0 saturated heterocycles. The minimum atomic E-state index is -0.692. The summed E-state index contributed by atoms with van der Waals surface area (Å²) >= 11 is 0. The molecule has 0 spiro atoms. The van der Waals surface area contributed by atoms with Crippen LogP contribution in [0.5, 0.6) is 0 Å². The second-order valence-corrected chi connectivity index (χ2v) is 6.02. The van der Waals surface area contributed by atoms with Crippen molar-refractivity contribution in [3.05, 3.63) is 79.0 Å². The lowest BCUT2D eigenvalue weighted by molar-refractivity contribution is 0.585. The molecule has 4 heterocycles. The molecular weight excluding hydrogens is 364 g/mol. The highest BCUT2D eigenvalue weighted by Gasteiger charge is 2.18. The number of hydrogen-bond acceptors (Lipinski definition) is 5. The van der Waals surface area contributed by atoms with Crippen LogP contribution in [0.4, 0.5) is 8.78 Å². The van der Waals surface area contributed by atoms with Gasteiger partial charge in [-0.25, -0.2) is 13.5 Å². The first-order valence-electron chi connectivity index (χ1n) is 8.32. The Kier molecular flexibility index (Phi) is 3.64. The molecule has 0 unspecified atom stereocenters. The summed E-state index contributed by atoms with van der Waals surface area (Å²) in [5, 5.41) is 16.7. The molecule has 0 aliphatic carbocycles. The summed E-state index contributed by atoms with van der Waals surface area (Å²) in [5.41, 5.74) is 2.62. The molecule has 0 amide bonds. The number of benzene rings is 1. The summed E-state index contributed by atoms with van der Waals surface area (Å²) in [5.74, 6) is -0.843. The van der Waals surface area contributed by atoms with Crippen LogP contribution >= 0.6 is 0 Å². The monoisotopic (exact) mass is 375 g/mol. The van der Waals surface area contributed by atoms with Crippen molar-refractivity contribution in [2.24, 2.45) is 0 Å². The van der Waals surface area contributed by atoms with Crippen LogP contribution in [0, 0.1) is 11.6 Å². The Labute approximate surface area is 156 Å². The van der Waals surface area contributed by atoms with Gasteiger partial charge in [0.25, 0.3) is 0 Å². The van der Waals surface area contributed by atoms with Crippen molar-refractivity contribution in [1.29, 1.82) is 0 Å². The van der Waals surface area contributed by atoms with Crippen molar-refractivity contribution in [3.63, 3.8) is 0 Å². The predicted molar refractivity (Wildman–Crippen MR) is 96.5 cm³/mol. The van der Waals surface area contributed by atoms with E-state index in [1.54, 1.807) is 42.9 Å². The van der Waals surface area contributed by atoms with E-state index in [9.17, 15) is 8.78 Å². The fraction of sp³-hybridized carbons (Fsp3) is 0. The molecule has 4 aromatic heterocycles. The van der Waals surface area contributed by atoms with Crippen LogP contribution in [0.2, 0.25) is 0 Å². The van der Waals surface area contributed by atoms with Gasteiger partial charge in [-0.3, -0.25) is 4.98 Å². The van der Waals surface area contributed by atoms with E-state index >= 15 is 0 Å². The predicted octanol–water partition coefficient (Wildman–Crippen LogP) is 3.32. The Morgan fingerprint density at radius 1 is 0.857 bits per heavy atom. The van der Waals surface area contributed by atoms with Gasteiger partial charge in [0.1, 0.15) is 23.7 Å². The molecule has 136 valence electrons. The third kappa shape index (κ3) is 2.69. The van der Waals surface area contributed by atoms with Gasteiger partial charge in [-0.05, 0) is 42.0 Å². The summed E-state index contributed by atoms with van der Waals surface area (Å²) in [6.45, 7) is 0. The van der Waals surface area contributed by atoms with Gasteiger partial charge in [0, 0.05) is 35.8 Å². The largest absolute Gasteiger partial charge is 0.265 e. The molecule has 0 atom stereocenters. The van der Waals surface area contributed by atoms with Crippen LogP contribution in [0.25, 0.3) is 33.8 Å². The van der Waals surface area contributed by atoms with Gasteiger partial charge >= 0.3 is 0 Å². The number of nitrogens with zero attached hydrogens (tertiary/aromatic N) is 7. The summed E-state index contributed by atoms with van der Waals surface area (Å²) in [4.78, 5) is 4.02. The van der Waals surface area contributed by atoms with Gasteiger partial charge in [-0.2, -0.15) is 9.61 Å². The molecule has 0 bridgehead atoms. The molecule has 28 heavy (non-hydrogen) atoms. The first-order chi connectivity index (χ1) is 13.7. The SMILES string of the molecule is Fc1ccc(-c2nn(-c3ccc4nncn4n3)cc2-c2ccncc2)c(F)c1. The number of rotatable bonds is 3. The number of aromatic nitrogens is 7. The van der Waals surface area contributed by atoms with Crippen LogP contribution in [0.1, 0.15) is 0 Å². The normalized spacial score (nSPS) is 11.2. The first-order valence-corrected chi connectivity index (χ1v) is 8.32. The molecule has 0 radical (unpaired) electrons. The molecule has 0 saturated carbocycles. The third-order valence-electron chi connectivity index (χ3n) is 4.27. The van der Waals surface area contributed by atoms with Crippen molar-refractivity contribution in [1.82, 2.24) is 34.6 Å². The number of pyridine rings is 1. The molecule has 5 aromatic rings. The van der Waals surface area contributed by atoms with E-state index in [0.717, 1.165) is 11.6 Å². The van der Waals surface area contributed by atoms with Gasteiger partial charge < -0.3 is 0 Å². The molecular formula is C19H11F2N7. The van der Waals surface area contributed by atoms with Gasteiger partial charge in [0.05, 0.1) is 0 Å². The Bertz CT molecular complexity index is 1290. The van der Waals surface area contributed by atoms with Crippen LogP contribution in [-0.2, 0) is 0 Å². The smallest absolute Gasteiger partial charge is 0.177 e. The molecule has 0 aliphatic rings. The second-order valence-electron chi connectivity index (χ2n) is 6.02. The Balaban J connectivity index is 1.72. The summed E-state index contributed by atoms with van der Waals surface area (Å²) in [6.07, 6.45) is 6.50. The van der Waals surface area contributed by atoms with E-state index in [1.165, 1.54) is 27.7 Å². The van der Waals surface area contributed by atoms with Crippen LogP contribution < -0.4 is 0 Å². The molecule has 5 rings (SSSR count). The Morgan fingerprint density at radius 2 is 1.71 bits per heavy atom. The van der Waals surface area contributed by atoms with Gasteiger partial charge in [0.15, 0.2) is 11.5 Å². The van der Waals surface area contributed by atoms with Crippen LogP contribution in [0.15, 0.2) is 67.4 Å². The minimum absolute atomic E-state index is 0.192. The molecule has 7 nitrogen and oxygen atoms in total. The summed E-state index contributed by atoms with van der Waals surface area (Å²) < 4.78 is 30.9. The highest BCUT2D eigenvalue weighted by molar-refractivity contribution is 5.80. The van der Waals surface area contributed by atoms with Crippen molar-refractivity contribution in [2.75, 3.05) is 0 Å². The summed E-state index contributed by atoms with van der Waals surface area (Å²) in [6, 6.07) is 10.5. The van der Waals surface area contributed by atoms with Crippen molar-refractivity contribution < 1.29 is 8.78 Å². The fourth-order valence-corrected chi connectivity index (χ4v) is 2.96. The Hall–Kier alpha value is -4.01. The lowest BCUT2D eigenvalue weighted by Crippen LogP contribution is -2.02. The zero-order valence-corrected chi connectivity index (χ0v) is 14.2. The maximum Gasteiger partial charge on any atom is 0.177 e. The maximum absolute atomic E-state index is 14.5. The second kappa shape index (κ2) is 6.31. The minimum Gasteiger partial charge on any atom is -0.265 e. The lowest BCUT2D eigenvalue weighted by Gasteiger charge is -2.04. The molecule has 0 N–H and O–H groups in total.